The number of hydrogen-bond donors (Lipinski definition) is 1. The summed E-state index contributed by atoms with van der Waals surface area (Å²) in [5.74, 6) is -1.11. The van der Waals surface area contributed by atoms with Crippen molar-refractivity contribution < 1.29 is 34.0 Å². The fourth-order valence-electron chi connectivity index (χ4n) is 1.08. The number of rotatable bonds is 5. The first-order valence-corrected chi connectivity index (χ1v) is 4.56. The lowest BCUT2D eigenvalue weighted by Gasteiger charge is -2.31. The van der Waals surface area contributed by atoms with Gasteiger partial charge >= 0.3 is 12.1 Å². The molecule has 1 heterocycles. The van der Waals surface area contributed by atoms with Gasteiger partial charge in [-0.25, -0.2) is 9.59 Å². The van der Waals surface area contributed by atoms with Gasteiger partial charge in [-0.2, -0.15) is 0 Å². The van der Waals surface area contributed by atoms with Gasteiger partial charge in [-0.15, -0.1) is 5.01 Å². The third-order valence-electron chi connectivity index (χ3n) is 2.02. The van der Waals surface area contributed by atoms with Crippen molar-refractivity contribution in [2.45, 2.75) is 12.5 Å². The lowest BCUT2D eigenvalue weighted by atomic mass is 10.1. The Bertz CT molecular complexity index is 331. The van der Waals surface area contributed by atoms with E-state index in [1.165, 1.54) is 0 Å². The van der Waals surface area contributed by atoms with Crippen LogP contribution in [0.1, 0.15) is 6.42 Å². The zero-order valence-electron chi connectivity index (χ0n) is 8.94. The Labute approximate surface area is 95.5 Å². The highest BCUT2D eigenvalue weighted by Crippen LogP contribution is 2.17. The van der Waals surface area contributed by atoms with Crippen LogP contribution < -0.4 is 0 Å². The normalized spacial score (nSPS) is 19.2. The number of methoxy groups -OCH3 is 1. The molecule has 0 aromatic heterocycles. The maximum atomic E-state index is 11.2. The van der Waals surface area contributed by atoms with E-state index >= 15 is 0 Å². The van der Waals surface area contributed by atoms with Crippen LogP contribution >= 0.6 is 0 Å². The minimum atomic E-state index is -1.11. The molecule has 1 aliphatic heterocycles. The number of carboxylic acid groups (broad SMARTS) is 1. The molecule has 96 valence electrons. The maximum absolute atomic E-state index is 11.2. The smallest absolute Gasteiger partial charge is 0.510 e. The van der Waals surface area contributed by atoms with Gasteiger partial charge in [0.25, 0.3) is 6.79 Å². The van der Waals surface area contributed by atoms with Gasteiger partial charge in [0.05, 0.1) is 18.6 Å². The van der Waals surface area contributed by atoms with Gasteiger partial charge in [0.1, 0.15) is 0 Å². The summed E-state index contributed by atoms with van der Waals surface area (Å²) >= 11 is 0. The molecule has 0 radical (unpaired) electrons. The summed E-state index contributed by atoms with van der Waals surface area (Å²) in [6, 6.07) is -0.902. The molecule has 10 heteroatoms. The van der Waals surface area contributed by atoms with Gasteiger partial charge in [-0.1, -0.05) is 0 Å². The quantitative estimate of drug-likeness (QED) is 0.176. The summed E-state index contributed by atoms with van der Waals surface area (Å²) in [5, 5.41) is 23.8. The third kappa shape index (κ3) is 3.36. The van der Waals surface area contributed by atoms with Crippen LogP contribution in [0.25, 0.3) is 0 Å². The minimum Gasteiger partial charge on any atom is -0.569 e. The molecular formula is C7H11N3O7. The van der Waals surface area contributed by atoms with E-state index in [-0.39, 0.29) is 11.5 Å². The number of ether oxygens (including phenoxy) is 2. The monoisotopic (exact) mass is 249 g/mol. The molecule has 0 aromatic rings. The van der Waals surface area contributed by atoms with Crippen molar-refractivity contribution in [2.75, 3.05) is 20.4 Å². The first kappa shape index (κ1) is 12.8. The van der Waals surface area contributed by atoms with Crippen molar-refractivity contribution in [3.05, 3.63) is 5.21 Å². The van der Waals surface area contributed by atoms with Crippen LogP contribution in [0.3, 0.4) is 0 Å². The Morgan fingerprint density at radius 2 is 2.35 bits per heavy atom. The fraction of sp³-hybridized carbons (Fsp3) is 0.714. The summed E-state index contributed by atoms with van der Waals surface area (Å²) in [7, 11) is 1.11. The molecule has 1 N–H and O–H groups in total. The minimum absolute atomic E-state index is 0.00290. The van der Waals surface area contributed by atoms with Gasteiger partial charge in [0, 0.05) is 6.42 Å². The summed E-state index contributed by atoms with van der Waals surface area (Å²) in [5.41, 5.74) is 0. The molecule has 17 heavy (non-hydrogen) atoms. The second-order valence-electron chi connectivity index (χ2n) is 2.99. The number of carbonyl (C=O) groups excluding carboxylic acids is 1. The van der Waals surface area contributed by atoms with Gasteiger partial charge in [-0.3, -0.25) is 0 Å². The standard InChI is InChI=1S/C7H11N3O7/c1-15-7(13)16-4-17-8-10(14)9-3-2-5(9)6(11)12/h5H,2-4H2,1H3,(H,11,12)/b10-8-. The van der Waals surface area contributed by atoms with E-state index in [9.17, 15) is 14.8 Å². The van der Waals surface area contributed by atoms with Crippen LogP contribution in [0.4, 0.5) is 4.79 Å². The highest BCUT2D eigenvalue weighted by Gasteiger charge is 2.41. The van der Waals surface area contributed by atoms with Crippen LogP contribution in [-0.2, 0) is 19.1 Å². The van der Waals surface area contributed by atoms with Gasteiger partial charge < -0.3 is 24.6 Å². The molecule has 0 aliphatic carbocycles. The molecule has 1 atom stereocenters. The van der Waals surface area contributed by atoms with Gasteiger partial charge in [-0.05, 0) is 0 Å². The van der Waals surface area contributed by atoms with E-state index < -0.39 is 25.0 Å². The Morgan fingerprint density at radius 3 is 2.82 bits per heavy atom. The number of hydrazine groups is 1. The summed E-state index contributed by atoms with van der Waals surface area (Å²) in [4.78, 5) is 25.4. The van der Waals surface area contributed by atoms with Crippen LogP contribution in [0, 0.1) is 5.21 Å². The Morgan fingerprint density at radius 1 is 1.65 bits per heavy atom. The molecule has 0 saturated carbocycles. The summed E-state index contributed by atoms with van der Waals surface area (Å²) in [6.07, 6.45) is -0.618. The third-order valence-corrected chi connectivity index (χ3v) is 2.02. The van der Waals surface area contributed by atoms with Crippen molar-refractivity contribution >= 4 is 12.1 Å². The second-order valence-corrected chi connectivity index (χ2v) is 2.99. The first-order valence-electron chi connectivity index (χ1n) is 4.56. The first-order chi connectivity index (χ1) is 8.06. The Kier molecular flexibility index (Phi) is 4.31. The number of carbonyl (C=O) groups is 2. The zero-order chi connectivity index (χ0) is 12.8. The molecule has 0 amide bonds. The van der Waals surface area contributed by atoms with E-state index in [1.807, 2.05) is 0 Å². The molecule has 1 rings (SSSR count). The number of carboxylic acids is 1. The molecule has 0 bridgehead atoms. The summed E-state index contributed by atoms with van der Waals surface area (Å²) in [6.45, 7) is -0.331. The topological polar surface area (TPSA) is 124 Å². The molecule has 10 nitrogen and oxygen atoms in total. The van der Waals surface area contributed by atoms with Crippen LogP contribution in [0.15, 0.2) is 5.28 Å². The molecule has 0 spiro atoms. The van der Waals surface area contributed by atoms with Crippen LogP contribution in [0.5, 0.6) is 0 Å². The van der Waals surface area contributed by atoms with E-state index in [4.69, 9.17) is 5.11 Å². The largest absolute Gasteiger partial charge is 0.569 e. The number of aliphatic carboxylic acids is 1. The Hall–Kier alpha value is -2.26. The van der Waals surface area contributed by atoms with E-state index in [0.29, 0.717) is 6.42 Å². The molecular weight excluding hydrogens is 238 g/mol. The molecule has 1 fully saturated rings. The van der Waals surface area contributed by atoms with E-state index in [2.05, 4.69) is 19.6 Å². The molecule has 1 aliphatic rings. The fourth-order valence-corrected chi connectivity index (χ4v) is 1.08. The van der Waals surface area contributed by atoms with Crippen molar-refractivity contribution in [1.82, 2.24) is 5.01 Å². The summed E-state index contributed by atoms with van der Waals surface area (Å²) < 4.78 is 8.39. The van der Waals surface area contributed by atoms with Crippen molar-refractivity contribution in [1.29, 1.82) is 0 Å². The average molecular weight is 249 g/mol. The zero-order valence-corrected chi connectivity index (χ0v) is 8.94. The van der Waals surface area contributed by atoms with E-state index in [0.717, 1.165) is 12.1 Å². The van der Waals surface area contributed by atoms with Crippen molar-refractivity contribution in [3.63, 3.8) is 0 Å². The highest BCUT2D eigenvalue weighted by atomic mass is 16.8. The molecule has 1 saturated heterocycles. The molecule has 0 aromatic carbocycles. The lowest BCUT2D eigenvalue weighted by molar-refractivity contribution is -0.729. The number of hydrogen-bond acceptors (Lipinski definition) is 7. The van der Waals surface area contributed by atoms with Crippen LogP contribution in [-0.4, -0.2) is 53.7 Å². The average Bonchev–Trinajstić information content (AvgIpc) is 2.21. The predicted octanol–water partition coefficient (Wildman–Crippen LogP) is -0.305. The highest BCUT2D eigenvalue weighted by molar-refractivity contribution is 5.74. The van der Waals surface area contributed by atoms with Crippen molar-refractivity contribution in [2.24, 2.45) is 5.28 Å². The van der Waals surface area contributed by atoms with E-state index in [1.54, 1.807) is 0 Å². The molecule has 1 unspecified atom stereocenters. The SMILES string of the molecule is COC(=O)OCO/N=[N+](\[O-])N1CCC1C(=O)O. The van der Waals surface area contributed by atoms with Crippen LogP contribution in [0.2, 0.25) is 0 Å². The van der Waals surface area contributed by atoms with Gasteiger partial charge in [0.15, 0.2) is 6.04 Å². The van der Waals surface area contributed by atoms with Crippen molar-refractivity contribution in [3.8, 4) is 0 Å². The Balaban J connectivity index is 2.30. The maximum Gasteiger partial charge on any atom is 0.510 e. The van der Waals surface area contributed by atoms with Gasteiger partial charge in [0.2, 0.25) is 5.28 Å². The number of nitrogens with zero attached hydrogens (tertiary/aromatic N) is 3. The predicted molar refractivity (Wildman–Crippen MR) is 48.2 cm³/mol. The second kappa shape index (κ2) is 5.72. The lowest BCUT2D eigenvalue weighted by Crippen LogP contribution is -2.55.